The summed E-state index contributed by atoms with van der Waals surface area (Å²) in [6, 6.07) is 0.552. The number of hydrogen-bond acceptors (Lipinski definition) is 11. The van der Waals surface area contributed by atoms with Crippen molar-refractivity contribution in [3.05, 3.63) is 0 Å². The normalized spacial score (nSPS) is 21.4. The third-order valence-electron chi connectivity index (χ3n) is 3.81. The first-order valence-electron chi connectivity index (χ1n) is 8.61. The molecular formula is C16H27NO14. The van der Waals surface area contributed by atoms with E-state index in [0.717, 1.165) is 19.4 Å². The van der Waals surface area contributed by atoms with Gasteiger partial charge in [-0.2, -0.15) is 0 Å². The molecule has 0 radical (unpaired) electrons. The zero-order valence-electron chi connectivity index (χ0n) is 16.6. The molecule has 15 nitrogen and oxygen atoms in total. The van der Waals surface area contributed by atoms with Gasteiger partial charge in [0, 0.05) is 12.6 Å². The van der Waals surface area contributed by atoms with Crippen LogP contribution in [0.2, 0.25) is 0 Å². The lowest BCUT2D eigenvalue weighted by Crippen LogP contribution is -2.40. The van der Waals surface area contributed by atoms with E-state index < -0.39 is 48.3 Å². The summed E-state index contributed by atoms with van der Waals surface area (Å²) in [5.74, 6) is -7.07. The molecule has 180 valence electrons. The smallest absolute Gasteiger partial charge is 0.335 e. The molecule has 1 aliphatic rings. The van der Waals surface area contributed by atoms with E-state index >= 15 is 0 Å². The predicted molar refractivity (Wildman–Crippen MR) is 96.8 cm³/mol. The standard InChI is InChI=1S/C8H15NO2.2C4H6O6/c1-6-3-4-7(5-9-6)8(10)11-2;2*5-1(3(7)8)2(6)4(9)10/h6-7,9H,3-5H2,1-2H3;2*1-2,5-6H,(H,7,8)(H,9,10)/t6-,7+;2*1-,2-/m011/s1. The fourth-order valence-corrected chi connectivity index (χ4v) is 1.91. The van der Waals surface area contributed by atoms with E-state index in [1.807, 2.05) is 0 Å². The van der Waals surface area contributed by atoms with E-state index in [4.69, 9.17) is 40.9 Å². The van der Waals surface area contributed by atoms with E-state index in [1.54, 1.807) is 0 Å². The lowest BCUT2D eigenvalue weighted by atomic mass is 9.96. The minimum absolute atomic E-state index is 0.0793. The molecule has 15 heteroatoms. The van der Waals surface area contributed by atoms with Crippen molar-refractivity contribution < 1.29 is 69.6 Å². The molecule has 0 aromatic heterocycles. The number of carboxylic acids is 4. The van der Waals surface area contributed by atoms with Gasteiger partial charge in [-0.3, -0.25) is 4.79 Å². The van der Waals surface area contributed by atoms with E-state index in [0.29, 0.717) is 6.04 Å². The summed E-state index contributed by atoms with van der Waals surface area (Å²) in [7, 11) is 1.44. The Labute approximate surface area is 175 Å². The molecule has 0 aromatic rings. The average molecular weight is 457 g/mol. The van der Waals surface area contributed by atoms with Crippen molar-refractivity contribution in [2.45, 2.75) is 50.2 Å². The summed E-state index contributed by atoms with van der Waals surface area (Å²) in [6.07, 6.45) is -7.04. The molecule has 1 heterocycles. The number of hydrogen-bond donors (Lipinski definition) is 9. The van der Waals surface area contributed by atoms with Gasteiger partial charge in [-0.25, -0.2) is 19.2 Å². The molecule has 31 heavy (non-hydrogen) atoms. The lowest BCUT2D eigenvalue weighted by molar-refractivity contribution is -0.165. The number of aliphatic carboxylic acids is 4. The molecule has 1 rings (SSSR count). The van der Waals surface area contributed by atoms with Crippen molar-refractivity contribution in [1.82, 2.24) is 5.32 Å². The molecule has 0 unspecified atom stereocenters. The van der Waals surface area contributed by atoms with Crippen LogP contribution in [0.1, 0.15) is 19.8 Å². The summed E-state index contributed by atoms with van der Waals surface area (Å²) < 4.78 is 4.65. The van der Waals surface area contributed by atoms with Crippen LogP contribution in [0.4, 0.5) is 0 Å². The maximum atomic E-state index is 11.0. The highest BCUT2D eigenvalue weighted by Crippen LogP contribution is 2.14. The number of aliphatic hydroxyl groups is 4. The number of carboxylic acid groups (broad SMARTS) is 4. The summed E-state index contributed by atoms with van der Waals surface area (Å²) in [4.78, 5) is 50.1. The van der Waals surface area contributed by atoms with Crippen molar-refractivity contribution in [3.63, 3.8) is 0 Å². The number of aliphatic hydroxyl groups excluding tert-OH is 4. The minimum Gasteiger partial charge on any atom is -0.479 e. The van der Waals surface area contributed by atoms with E-state index in [1.165, 1.54) is 7.11 Å². The molecular weight excluding hydrogens is 430 g/mol. The molecule has 9 N–H and O–H groups in total. The monoisotopic (exact) mass is 457 g/mol. The van der Waals surface area contributed by atoms with Crippen LogP contribution in [-0.2, 0) is 28.7 Å². The zero-order chi connectivity index (χ0) is 24.9. The fourth-order valence-electron chi connectivity index (χ4n) is 1.91. The van der Waals surface area contributed by atoms with Gasteiger partial charge in [-0.1, -0.05) is 0 Å². The molecule has 1 fully saturated rings. The molecule has 0 aromatic carbocycles. The van der Waals surface area contributed by atoms with Crippen LogP contribution in [0.25, 0.3) is 0 Å². The summed E-state index contributed by atoms with van der Waals surface area (Å²) >= 11 is 0. The van der Waals surface area contributed by atoms with Gasteiger partial charge in [0.2, 0.25) is 0 Å². The predicted octanol–water partition coefficient (Wildman–Crippen LogP) is -3.70. The first kappa shape index (κ1) is 30.3. The topological polar surface area (TPSA) is 268 Å². The Morgan fingerprint density at radius 1 is 0.742 bits per heavy atom. The Hall–Kier alpha value is -2.85. The van der Waals surface area contributed by atoms with Gasteiger partial charge in [-0.05, 0) is 19.8 Å². The second kappa shape index (κ2) is 15.0. The van der Waals surface area contributed by atoms with Gasteiger partial charge in [0.05, 0.1) is 13.0 Å². The highest BCUT2D eigenvalue weighted by molar-refractivity contribution is 5.83. The fraction of sp³-hybridized carbons (Fsp3) is 0.688. The van der Waals surface area contributed by atoms with Crippen molar-refractivity contribution in [3.8, 4) is 0 Å². The molecule has 1 aliphatic heterocycles. The Morgan fingerprint density at radius 2 is 1.06 bits per heavy atom. The van der Waals surface area contributed by atoms with Crippen LogP contribution in [0.15, 0.2) is 0 Å². The van der Waals surface area contributed by atoms with Gasteiger partial charge < -0.3 is 50.9 Å². The number of piperidine rings is 1. The van der Waals surface area contributed by atoms with Crippen molar-refractivity contribution in [2.75, 3.05) is 13.7 Å². The Bertz CT molecular complexity index is 543. The maximum absolute atomic E-state index is 11.0. The maximum Gasteiger partial charge on any atom is 0.335 e. The average Bonchev–Trinajstić information content (AvgIpc) is 2.71. The van der Waals surface area contributed by atoms with Crippen LogP contribution >= 0.6 is 0 Å². The van der Waals surface area contributed by atoms with E-state index in [9.17, 15) is 24.0 Å². The molecule has 6 atom stereocenters. The SMILES string of the molecule is COC(=O)[C@@H]1CC[C@H](C)NC1.O=C(O)[C@H](O)[C@@H](O)C(=O)O.O=C(O)[C@H](O)[C@@H](O)C(=O)O. The van der Waals surface area contributed by atoms with Gasteiger partial charge in [0.15, 0.2) is 24.4 Å². The zero-order valence-corrected chi connectivity index (χ0v) is 16.6. The van der Waals surface area contributed by atoms with Crippen molar-refractivity contribution in [1.29, 1.82) is 0 Å². The Kier molecular flexibility index (Phi) is 14.7. The number of nitrogens with one attached hydrogen (secondary N) is 1. The number of esters is 1. The van der Waals surface area contributed by atoms with Crippen LogP contribution in [0, 0.1) is 5.92 Å². The lowest BCUT2D eigenvalue weighted by Gasteiger charge is -2.25. The van der Waals surface area contributed by atoms with Crippen molar-refractivity contribution in [2.24, 2.45) is 5.92 Å². The molecule has 0 amide bonds. The molecule has 0 aliphatic carbocycles. The highest BCUT2D eigenvalue weighted by Gasteiger charge is 2.30. The van der Waals surface area contributed by atoms with Crippen LogP contribution < -0.4 is 5.32 Å². The van der Waals surface area contributed by atoms with E-state index in [2.05, 4.69) is 17.0 Å². The minimum atomic E-state index is -2.27. The number of methoxy groups -OCH3 is 1. The second-order valence-corrected chi connectivity index (χ2v) is 6.24. The molecule has 0 bridgehead atoms. The Balaban J connectivity index is 0. The van der Waals surface area contributed by atoms with Gasteiger partial charge >= 0.3 is 29.8 Å². The van der Waals surface area contributed by atoms with Crippen LogP contribution in [-0.4, -0.2) is 115 Å². The second-order valence-electron chi connectivity index (χ2n) is 6.24. The molecule has 0 saturated carbocycles. The molecule has 1 saturated heterocycles. The summed E-state index contributed by atoms with van der Waals surface area (Å²) in [6.45, 7) is 2.90. The number of carbonyl (C=O) groups is 5. The van der Waals surface area contributed by atoms with Gasteiger partial charge in [0.25, 0.3) is 0 Å². The van der Waals surface area contributed by atoms with E-state index in [-0.39, 0.29) is 11.9 Å². The Morgan fingerprint density at radius 3 is 1.26 bits per heavy atom. The van der Waals surface area contributed by atoms with Crippen LogP contribution in [0.3, 0.4) is 0 Å². The third kappa shape index (κ3) is 12.4. The van der Waals surface area contributed by atoms with Crippen molar-refractivity contribution >= 4 is 29.8 Å². The quantitative estimate of drug-likeness (QED) is 0.166. The van der Waals surface area contributed by atoms with Gasteiger partial charge in [-0.15, -0.1) is 0 Å². The summed E-state index contributed by atoms with van der Waals surface area (Å²) in [5.41, 5.74) is 0. The highest BCUT2D eigenvalue weighted by atomic mass is 16.5. The first-order chi connectivity index (χ1) is 14.2. The molecule has 0 spiro atoms. The summed E-state index contributed by atoms with van der Waals surface area (Å²) in [5, 5.41) is 68.3. The number of carbonyl (C=O) groups excluding carboxylic acids is 1. The third-order valence-corrected chi connectivity index (χ3v) is 3.81. The first-order valence-corrected chi connectivity index (χ1v) is 8.61. The largest absolute Gasteiger partial charge is 0.479 e. The van der Waals surface area contributed by atoms with Crippen LogP contribution in [0.5, 0.6) is 0 Å². The number of ether oxygens (including phenoxy) is 1. The van der Waals surface area contributed by atoms with Gasteiger partial charge in [0.1, 0.15) is 0 Å². The number of rotatable bonds is 7.